The van der Waals surface area contributed by atoms with Gasteiger partial charge >= 0.3 is 0 Å². The zero-order valence-corrected chi connectivity index (χ0v) is 18.7. The number of nitrogens with zero attached hydrogens (tertiary/aromatic N) is 2. The summed E-state index contributed by atoms with van der Waals surface area (Å²) in [7, 11) is -3.13. The molecule has 2 fully saturated rings. The summed E-state index contributed by atoms with van der Waals surface area (Å²) in [6, 6.07) is 12.3. The minimum Gasteiger partial charge on any atom is -0.315 e. The van der Waals surface area contributed by atoms with Crippen LogP contribution < -0.4 is 4.90 Å². The number of carbonyl (C=O) groups excluding carboxylic acids is 1. The Morgan fingerprint density at radius 2 is 1.97 bits per heavy atom. The maximum absolute atomic E-state index is 12.7. The third-order valence-electron chi connectivity index (χ3n) is 5.02. The van der Waals surface area contributed by atoms with Crippen LogP contribution in [-0.4, -0.2) is 42.3 Å². The average Bonchev–Trinajstić information content (AvgIpc) is 3.10. The molecule has 2 atom stereocenters. The molecule has 2 aliphatic heterocycles. The number of sulfone groups is 1. The molecule has 2 saturated heterocycles. The predicted octanol–water partition coefficient (Wildman–Crippen LogP) is 4.15. The van der Waals surface area contributed by atoms with Gasteiger partial charge in [0.25, 0.3) is 5.91 Å². The summed E-state index contributed by atoms with van der Waals surface area (Å²) >= 11 is 13.7. The van der Waals surface area contributed by atoms with Crippen LogP contribution in [0, 0.1) is 6.92 Å². The second kappa shape index (κ2) is 7.95. The van der Waals surface area contributed by atoms with E-state index in [0.29, 0.717) is 20.8 Å². The fourth-order valence-corrected chi connectivity index (χ4v) is 7.93. The Morgan fingerprint density at radius 1 is 1.21 bits per heavy atom. The van der Waals surface area contributed by atoms with Crippen molar-refractivity contribution < 1.29 is 13.2 Å². The van der Waals surface area contributed by atoms with Crippen molar-refractivity contribution in [1.82, 2.24) is 0 Å². The first kappa shape index (κ1) is 20.7. The van der Waals surface area contributed by atoms with E-state index in [0.717, 1.165) is 11.3 Å². The minimum atomic E-state index is -3.13. The highest BCUT2D eigenvalue weighted by Gasteiger charge is 2.49. The van der Waals surface area contributed by atoms with Crippen molar-refractivity contribution in [1.29, 1.82) is 0 Å². The second-order valence-corrected chi connectivity index (χ2v) is 11.4. The fourth-order valence-electron chi connectivity index (χ4n) is 3.64. The molecule has 2 aromatic rings. The van der Waals surface area contributed by atoms with Crippen molar-refractivity contribution in [2.24, 2.45) is 4.99 Å². The first-order valence-electron chi connectivity index (χ1n) is 9.01. The van der Waals surface area contributed by atoms with E-state index < -0.39 is 9.84 Å². The summed E-state index contributed by atoms with van der Waals surface area (Å²) in [6.45, 7) is 1.93. The SMILES string of the molecule is Cc1ccc(Cl)cc1N1C(=NC(=O)Cc2ccccc2Cl)S[C@@H]2CS(=O)(=O)C[C@H]21. The van der Waals surface area contributed by atoms with E-state index in [9.17, 15) is 13.2 Å². The number of carbonyl (C=O) groups is 1. The maximum Gasteiger partial charge on any atom is 0.252 e. The van der Waals surface area contributed by atoms with Gasteiger partial charge in [0.2, 0.25) is 0 Å². The summed E-state index contributed by atoms with van der Waals surface area (Å²) in [5.41, 5.74) is 2.42. The van der Waals surface area contributed by atoms with Crippen molar-refractivity contribution in [2.45, 2.75) is 24.6 Å². The number of benzene rings is 2. The molecular weight excluding hydrogens is 451 g/mol. The molecule has 2 aromatic carbocycles. The largest absolute Gasteiger partial charge is 0.315 e. The molecule has 0 saturated carbocycles. The lowest BCUT2D eigenvalue weighted by Gasteiger charge is -2.26. The van der Waals surface area contributed by atoms with Crippen LogP contribution in [0.25, 0.3) is 0 Å². The van der Waals surface area contributed by atoms with Gasteiger partial charge in [-0.15, -0.1) is 0 Å². The normalized spacial score (nSPS) is 24.1. The van der Waals surface area contributed by atoms with Crippen LogP contribution in [0.5, 0.6) is 0 Å². The number of aryl methyl sites for hydroxylation is 1. The van der Waals surface area contributed by atoms with Crippen LogP contribution in [0.2, 0.25) is 10.0 Å². The summed E-state index contributed by atoms with van der Waals surface area (Å²) in [5, 5.41) is 1.41. The molecule has 0 bridgehead atoms. The predicted molar refractivity (Wildman–Crippen MR) is 120 cm³/mol. The van der Waals surface area contributed by atoms with Gasteiger partial charge in [-0.3, -0.25) is 4.79 Å². The van der Waals surface area contributed by atoms with E-state index in [1.165, 1.54) is 11.8 Å². The number of amidine groups is 1. The van der Waals surface area contributed by atoms with Crippen molar-refractivity contribution in [3.8, 4) is 0 Å². The zero-order valence-electron chi connectivity index (χ0n) is 15.5. The van der Waals surface area contributed by atoms with Gasteiger partial charge in [-0.1, -0.05) is 59.2 Å². The van der Waals surface area contributed by atoms with Gasteiger partial charge in [0.05, 0.1) is 24.0 Å². The molecule has 5 nitrogen and oxygen atoms in total. The minimum absolute atomic E-state index is 0.0361. The number of rotatable bonds is 3. The van der Waals surface area contributed by atoms with Gasteiger partial charge in [0, 0.05) is 21.0 Å². The second-order valence-electron chi connectivity index (χ2n) is 7.16. The highest BCUT2D eigenvalue weighted by Crippen LogP contribution is 2.42. The molecule has 29 heavy (non-hydrogen) atoms. The summed E-state index contributed by atoms with van der Waals surface area (Å²) in [4.78, 5) is 18.9. The number of hydrogen-bond donors (Lipinski definition) is 0. The molecule has 0 aliphatic carbocycles. The molecule has 0 aromatic heterocycles. The molecule has 0 spiro atoms. The Morgan fingerprint density at radius 3 is 2.72 bits per heavy atom. The third-order valence-corrected chi connectivity index (χ3v) is 8.83. The first-order chi connectivity index (χ1) is 13.7. The van der Waals surface area contributed by atoms with Gasteiger partial charge in [-0.2, -0.15) is 4.99 Å². The van der Waals surface area contributed by atoms with Crippen molar-refractivity contribution in [3.05, 3.63) is 63.6 Å². The fraction of sp³-hybridized carbons (Fsp3) is 0.300. The van der Waals surface area contributed by atoms with Crippen molar-refractivity contribution in [3.63, 3.8) is 0 Å². The number of anilines is 1. The molecule has 0 N–H and O–H groups in total. The van der Waals surface area contributed by atoms with E-state index in [1.54, 1.807) is 30.3 Å². The zero-order chi connectivity index (χ0) is 20.8. The molecule has 2 aliphatic rings. The molecule has 1 amide bonds. The lowest BCUT2D eigenvalue weighted by molar-refractivity contribution is -0.117. The molecule has 2 heterocycles. The Kier molecular flexibility index (Phi) is 5.68. The quantitative estimate of drug-likeness (QED) is 0.676. The maximum atomic E-state index is 12.7. The van der Waals surface area contributed by atoms with Gasteiger partial charge in [0.15, 0.2) is 15.0 Å². The van der Waals surface area contributed by atoms with Gasteiger partial charge in [-0.05, 0) is 36.2 Å². The Bertz CT molecular complexity index is 1120. The number of halogens is 2. The van der Waals surface area contributed by atoms with E-state index in [-0.39, 0.29) is 35.1 Å². The Balaban J connectivity index is 1.70. The molecular formula is C20H18Cl2N2O3S2. The number of thioether (sulfide) groups is 1. The van der Waals surface area contributed by atoms with E-state index in [1.807, 2.05) is 24.0 Å². The Hall–Kier alpha value is -1.54. The molecule has 4 rings (SSSR count). The third kappa shape index (κ3) is 4.33. The molecule has 9 heteroatoms. The standard InChI is InChI=1S/C20H18Cl2N2O3S2/c1-12-6-7-14(21)9-16(12)24-17-10-29(26,27)11-18(17)28-20(24)23-19(25)8-13-4-2-3-5-15(13)22/h2-7,9,17-18H,8,10-11H2,1H3/t17-,18-/m1/s1. The van der Waals surface area contributed by atoms with Gasteiger partial charge in [-0.25, -0.2) is 8.42 Å². The van der Waals surface area contributed by atoms with E-state index >= 15 is 0 Å². The van der Waals surface area contributed by atoms with Crippen LogP contribution >= 0.6 is 35.0 Å². The topological polar surface area (TPSA) is 66.8 Å². The highest BCUT2D eigenvalue weighted by atomic mass is 35.5. The Labute approximate surface area is 184 Å². The smallest absolute Gasteiger partial charge is 0.252 e. The monoisotopic (exact) mass is 468 g/mol. The lowest BCUT2D eigenvalue weighted by atomic mass is 10.1. The van der Waals surface area contributed by atoms with E-state index in [2.05, 4.69) is 4.99 Å². The number of fused-ring (bicyclic) bond motifs is 1. The van der Waals surface area contributed by atoms with Crippen LogP contribution in [0.1, 0.15) is 11.1 Å². The molecule has 0 unspecified atom stereocenters. The number of amides is 1. The first-order valence-corrected chi connectivity index (χ1v) is 12.5. The van der Waals surface area contributed by atoms with Crippen LogP contribution in [-0.2, 0) is 21.1 Å². The summed E-state index contributed by atoms with van der Waals surface area (Å²) < 4.78 is 24.4. The van der Waals surface area contributed by atoms with Crippen LogP contribution in [0.3, 0.4) is 0 Å². The summed E-state index contributed by atoms with van der Waals surface area (Å²) in [5.74, 6) is -0.210. The summed E-state index contributed by atoms with van der Waals surface area (Å²) in [6.07, 6.45) is 0.0831. The van der Waals surface area contributed by atoms with Crippen LogP contribution in [0.4, 0.5) is 5.69 Å². The average molecular weight is 469 g/mol. The van der Waals surface area contributed by atoms with Gasteiger partial charge in [0.1, 0.15) is 0 Å². The molecule has 152 valence electrons. The van der Waals surface area contributed by atoms with Crippen molar-refractivity contribution >= 4 is 61.6 Å². The number of hydrogen-bond acceptors (Lipinski definition) is 4. The van der Waals surface area contributed by atoms with E-state index in [4.69, 9.17) is 23.2 Å². The van der Waals surface area contributed by atoms with Gasteiger partial charge < -0.3 is 4.90 Å². The molecule has 0 radical (unpaired) electrons. The highest BCUT2D eigenvalue weighted by molar-refractivity contribution is 8.16. The lowest BCUT2D eigenvalue weighted by Crippen LogP contribution is -2.38. The van der Waals surface area contributed by atoms with Crippen molar-refractivity contribution in [2.75, 3.05) is 16.4 Å². The number of aliphatic imine (C=N–C) groups is 1. The van der Waals surface area contributed by atoms with Crippen LogP contribution in [0.15, 0.2) is 47.5 Å².